The number of hydrogen-bond acceptors (Lipinski definition) is 9. The van der Waals surface area contributed by atoms with Gasteiger partial charge in [-0.1, -0.05) is 210 Å². The number of esters is 2. The Morgan fingerprint density at radius 1 is 0.500 bits per heavy atom. The van der Waals surface area contributed by atoms with Crippen molar-refractivity contribution in [1.29, 1.82) is 0 Å². The molecule has 3 unspecified atom stereocenters. The number of allylic oxidation sites excluding steroid dienone is 8. The second-order valence-corrected chi connectivity index (χ2v) is 18.3. The van der Waals surface area contributed by atoms with Crippen molar-refractivity contribution in [2.45, 2.75) is 238 Å². The van der Waals surface area contributed by atoms with Gasteiger partial charge in [0.2, 0.25) is 0 Å². The molecule has 0 rings (SSSR count). The number of aliphatic hydroxyl groups excluding tert-OH is 2. The van der Waals surface area contributed by atoms with Gasteiger partial charge in [0.25, 0.3) is 0 Å². The van der Waals surface area contributed by atoms with Gasteiger partial charge in [-0.15, -0.1) is 0 Å². The molecule has 3 N–H and O–H groups in total. The number of phosphoric acid groups is 1. The Labute approximate surface area is 379 Å². The van der Waals surface area contributed by atoms with Gasteiger partial charge in [-0.25, -0.2) is 4.57 Å². The van der Waals surface area contributed by atoms with Crippen molar-refractivity contribution in [3.63, 3.8) is 0 Å². The van der Waals surface area contributed by atoms with Crippen molar-refractivity contribution >= 4 is 19.8 Å². The van der Waals surface area contributed by atoms with Crippen LogP contribution in [-0.2, 0) is 32.7 Å². The van der Waals surface area contributed by atoms with Crippen LogP contribution in [0.2, 0.25) is 0 Å². The molecule has 0 amide bonds. The SMILES string of the molecule is CC/C=C\C/C=C\C/C=C\C/C=C\CCCCC(=O)OC(COC(=O)CCCCCCCCCCCCCCCCCCCCCCCCCC)COP(=O)(O)OCC(O)CO. The molecule has 0 aromatic heterocycles. The van der Waals surface area contributed by atoms with Crippen LogP contribution >= 0.6 is 7.82 Å². The number of ether oxygens (including phenoxy) is 2. The fourth-order valence-corrected chi connectivity index (χ4v) is 7.72. The second kappa shape index (κ2) is 46.9. The first-order valence-corrected chi connectivity index (χ1v) is 26.6. The zero-order valence-corrected chi connectivity index (χ0v) is 40.5. The molecule has 362 valence electrons. The van der Waals surface area contributed by atoms with E-state index in [-0.39, 0.29) is 19.4 Å². The number of rotatable bonds is 47. The highest BCUT2D eigenvalue weighted by Crippen LogP contribution is 2.43. The van der Waals surface area contributed by atoms with Crippen molar-refractivity contribution < 1.29 is 47.8 Å². The minimum Gasteiger partial charge on any atom is -0.462 e. The normalized spacial score (nSPS) is 14.1. The zero-order chi connectivity index (χ0) is 45.5. The van der Waals surface area contributed by atoms with Crippen LogP contribution in [0.3, 0.4) is 0 Å². The Bertz CT molecular complexity index is 1170. The molecular formula is C51H93O10P. The van der Waals surface area contributed by atoms with E-state index in [4.69, 9.17) is 23.6 Å². The van der Waals surface area contributed by atoms with Crippen molar-refractivity contribution in [1.82, 2.24) is 0 Å². The van der Waals surface area contributed by atoms with Crippen LogP contribution in [0.15, 0.2) is 48.6 Å². The largest absolute Gasteiger partial charge is 0.472 e. The summed E-state index contributed by atoms with van der Waals surface area (Å²) in [7, 11) is -4.63. The molecule has 0 aliphatic heterocycles. The molecule has 0 aliphatic rings. The van der Waals surface area contributed by atoms with Gasteiger partial charge < -0.3 is 24.6 Å². The number of carbonyl (C=O) groups excluding carboxylic acids is 2. The summed E-state index contributed by atoms with van der Waals surface area (Å²) in [4.78, 5) is 35.1. The van der Waals surface area contributed by atoms with E-state index in [9.17, 15) is 24.2 Å². The van der Waals surface area contributed by atoms with E-state index in [1.807, 2.05) is 0 Å². The van der Waals surface area contributed by atoms with Crippen LogP contribution in [0.1, 0.15) is 226 Å². The lowest BCUT2D eigenvalue weighted by molar-refractivity contribution is -0.161. The fraction of sp³-hybridized carbons (Fsp3) is 0.804. The second-order valence-electron chi connectivity index (χ2n) is 16.8. The van der Waals surface area contributed by atoms with Crippen LogP contribution in [0.4, 0.5) is 0 Å². The summed E-state index contributed by atoms with van der Waals surface area (Å²) < 4.78 is 32.8. The van der Waals surface area contributed by atoms with Gasteiger partial charge in [0.1, 0.15) is 12.7 Å². The number of aliphatic hydroxyl groups is 2. The molecule has 0 spiro atoms. The van der Waals surface area contributed by atoms with E-state index in [1.165, 1.54) is 128 Å². The van der Waals surface area contributed by atoms with Gasteiger partial charge in [0.15, 0.2) is 6.10 Å². The van der Waals surface area contributed by atoms with Crippen molar-refractivity contribution in [3.8, 4) is 0 Å². The maximum absolute atomic E-state index is 12.6. The monoisotopic (exact) mass is 897 g/mol. The minimum atomic E-state index is -4.63. The van der Waals surface area contributed by atoms with Crippen LogP contribution in [0.25, 0.3) is 0 Å². The smallest absolute Gasteiger partial charge is 0.462 e. The molecule has 0 aromatic carbocycles. The van der Waals surface area contributed by atoms with Gasteiger partial charge in [-0.3, -0.25) is 18.6 Å². The lowest BCUT2D eigenvalue weighted by Gasteiger charge is -2.20. The van der Waals surface area contributed by atoms with Crippen LogP contribution in [0, 0.1) is 0 Å². The molecule has 0 aromatic rings. The molecule has 0 heterocycles. The van der Waals surface area contributed by atoms with Crippen LogP contribution < -0.4 is 0 Å². The third-order valence-electron chi connectivity index (χ3n) is 10.7. The summed E-state index contributed by atoms with van der Waals surface area (Å²) in [6.07, 6.45) is 52.4. The molecule has 62 heavy (non-hydrogen) atoms. The van der Waals surface area contributed by atoms with Crippen molar-refractivity contribution in [2.24, 2.45) is 0 Å². The Kier molecular flexibility index (Phi) is 45.3. The van der Waals surface area contributed by atoms with Gasteiger partial charge >= 0.3 is 19.8 Å². The highest BCUT2D eigenvalue weighted by atomic mass is 31.2. The quantitative estimate of drug-likeness (QED) is 0.0233. The molecule has 0 radical (unpaired) electrons. The molecule has 0 aliphatic carbocycles. The molecule has 0 saturated heterocycles. The fourth-order valence-electron chi connectivity index (χ4n) is 6.93. The third-order valence-corrected chi connectivity index (χ3v) is 11.7. The molecule has 3 atom stereocenters. The molecule has 0 bridgehead atoms. The van der Waals surface area contributed by atoms with Gasteiger partial charge in [0.05, 0.1) is 19.8 Å². The summed E-state index contributed by atoms with van der Waals surface area (Å²) in [6.45, 7) is 2.25. The first-order chi connectivity index (χ1) is 30.2. The molecule has 0 fully saturated rings. The summed E-state index contributed by atoms with van der Waals surface area (Å²) >= 11 is 0. The van der Waals surface area contributed by atoms with Gasteiger partial charge in [-0.2, -0.15) is 0 Å². The highest BCUT2D eigenvalue weighted by molar-refractivity contribution is 7.47. The number of carbonyl (C=O) groups is 2. The van der Waals surface area contributed by atoms with Crippen molar-refractivity contribution in [2.75, 3.05) is 26.4 Å². The topological polar surface area (TPSA) is 149 Å². The number of unbranched alkanes of at least 4 members (excludes halogenated alkanes) is 25. The average Bonchev–Trinajstić information content (AvgIpc) is 3.26. The summed E-state index contributed by atoms with van der Waals surface area (Å²) in [6, 6.07) is 0. The number of phosphoric ester groups is 1. The Hall–Kier alpha value is -2.07. The van der Waals surface area contributed by atoms with Crippen LogP contribution in [0.5, 0.6) is 0 Å². The Morgan fingerprint density at radius 2 is 0.887 bits per heavy atom. The molecule has 10 nitrogen and oxygen atoms in total. The maximum Gasteiger partial charge on any atom is 0.472 e. The molecule has 11 heteroatoms. The highest BCUT2D eigenvalue weighted by Gasteiger charge is 2.27. The van der Waals surface area contributed by atoms with E-state index in [2.05, 4.69) is 62.5 Å². The van der Waals surface area contributed by atoms with E-state index in [0.29, 0.717) is 12.8 Å². The van der Waals surface area contributed by atoms with Gasteiger partial charge in [0, 0.05) is 12.8 Å². The predicted molar refractivity (Wildman–Crippen MR) is 256 cm³/mol. The molecule has 0 saturated carbocycles. The lowest BCUT2D eigenvalue weighted by Crippen LogP contribution is -2.29. The summed E-state index contributed by atoms with van der Waals surface area (Å²) in [5.74, 6) is -0.966. The third kappa shape index (κ3) is 45.9. The van der Waals surface area contributed by atoms with Crippen LogP contribution in [-0.4, -0.2) is 65.7 Å². The van der Waals surface area contributed by atoms with E-state index < -0.39 is 51.8 Å². The Morgan fingerprint density at radius 3 is 1.34 bits per heavy atom. The predicted octanol–water partition coefficient (Wildman–Crippen LogP) is 14.1. The Balaban J connectivity index is 4.15. The van der Waals surface area contributed by atoms with Gasteiger partial charge in [-0.05, 0) is 51.4 Å². The first kappa shape index (κ1) is 59.9. The summed E-state index contributed by atoms with van der Waals surface area (Å²) in [5.41, 5.74) is 0. The van der Waals surface area contributed by atoms with E-state index in [0.717, 1.165) is 57.8 Å². The standard InChI is InChI=1S/C51H93O10P/c1-3-5-7-9-11-13-15-17-19-20-21-22-23-24-25-26-27-29-30-32-34-36-38-40-42-50(54)58-46-49(47-60-62(56,57)59-45-48(53)44-52)61-51(55)43-41-39-37-35-33-31-28-18-16-14-12-10-8-6-4-2/h6,8,12,14,18,28,33,35,48-49,52-53H,3-5,7,9-11,13,15-17,19-27,29-32,34,36-47H2,1-2H3,(H,56,57)/b8-6-,14-12-,28-18-,35-33-. The summed E-state index contributed by atoms with van der Waals surface area (Å²) in [5, 5.41) is 18.4. The van der Waals surface area contributed by atoms with E-state index in [1.54, 1.807) is 0 Å². The minimum absolute atomic E-state index is 0.132. The molecular weight excluding hydrogens is 804 g/mol. The number of hydrogen-bond donors (Lipinski definition) is 3. The first-order valence-electron chi connectivity index (χ1n) is 25.1. The zero-order valence-electron chi connectivity index (χ0n) is 39.6. The lowest BCUT2D eigenvalue weighted by atomic mass is 10.0. The average molecular weight is 897 g/mol. The van der Waals surface area contributed by atoms with Crippen molar-refractivity contribution in [3.05, 3.63) is 48.6 Å². The van der Waals surface area contributed by atoms with E-state index >= 15 is 0 Å². The maximum atomic E-state index is 12.6.